The highest BCUT2D eigenvalue weighted by Gasteiger charge is 2.11. The smallest absolute Gasteiger partial charge is 0.224 e. The van der Waals surface area contributed by atoms with Crippen LogP contribution >= 0.6 is 11.8 Å². The van der Waals surface area contributed by atoms with Crippen LogP contribution in [0.15, 0.2) is 18.2 Å². The summed E-state index contributed by atoms with van der Waals surface area (Å²) in [4.78, 5) is 14.4. The maximum Gasteiger partial charge on any atom is 0.224 e. The third-order valence-corrected chi connectivity index (χ3v) is 4.42. The summed E-state index contributed by atoms with van der Waals surface area (Å²) in [6.07, 6.45) is 1.41. The molecular weight excluding hydrogens is 286 g/mol. The zero-order chi connectivity index (χ0) is 15.1. The van der Waals surface area contributed by atoms with Gasteiger partial charge in [-0.25, -0.2) is 0 Å². The molecule has 6 heteroatoms. The predicted molar refractivity (Wildman–Crippen MR) is 89.0 cm³/mol. The Kier molecular flexibility index (Phi) is 6.20. The normalized spacial score (nSPS) is 15.7. The Balaban J connectivity index is 1.76. The topological polar surface area (TPSA) is 67.6 Å². The van der Waals surface area contributed by atoms with Crippen molar-refractivity contribution in [2.24, 2.45) is 0 Å². The van der Waals surface area contributed by atoms with Crippen LogP contribution < -0.4 is 15.8 Å². The monoisotopic (exact) mass is 309 g/mol. The molecule has 0 radical (unpaired) electrons. The zero-order valence-corrected chi connectivity index (χ0v) is 13.2. The van der Waals surface area contributed by atoms with E-state index < -0.39 is 0 Å². The fraction of sp³-hybridized carbons (Fsp3) is 0.533. The first-order valence-electron chi connectivity index (χ1n) is 7.22. The first kappa shape index (κ1) is 16.0. The lowest BCUT2D eigenvalue weighted by molar-refractivity contribution is -0.116. The van der Waals surface area contributed by atoms with Crippen LogP contribution in [0.1, 0.15) is 12.8 Å². The van der Waals surface area contributed by atoms with Crippen molar-refractivity contribution in [1.82, 2.24) is 4.90 Å². The number of nitrogens with two attached hydrogens (primary N) is 1. The average Bonchev–Trinajstić information content (AvgIpc) is 2.50. The molecule has 1 aromatic carbocycles. The van der Waals surface area contributed by atoms with Gasteiger partial charge >= 0.3 is 0 Å². The van der Waals surface area contributed by atoms with E-state index in [2.05, 4.69) is 10.2 Å². The number of carbonyl (C=O) groups is 1. The summed E-state index contributed by atoms with van der Waals surface area (Å²) in [7, 11) is 1.57. The second kappa shape index (κ2) is 8.14. The van der Waals surface area contributed by atoms with E-state index in [4.69, 9.17) is 10.5 Å². The molecular formula is C15H23N3O2S. The predicted octanol–water partition coefficient (Wildman–Crippen LogP) is 2.04. The number of nitrogens with one attached hydrogen (secondary N) is 1. The van der Waals surface area contributed by atoms with E-state index in [9.17, 15) is 4.79 Å². The summed E-state index contributed by atoms with van der Waals surface area (Å²) in [5.74, 6) is 3.02. The third-order valence-electron chi connectivity index (χ3n) is 3.48. The number of benzene rings is 1. The first-order chi connectivity index (χ1) is 10.2. The van der Waals surface area contributed by atoms with Gasteiger partial charge in [0.1, 0.15) is 5.75 Å². The summed E-state index contributed by atoms with van der Waals surface area (Å²) < 4.78 is 5.22. The summed E-state index contributed by atoms with van der Waals surface area (Å²) in [6.45, 7) is 3.27. The minimum Gasteiger partial charge on any atom is -0.494 e. The lowest BCUT2D eigenvalue weighted by atomic mass is 10.2. The summed E-state index contributed by atoms with van der Waals surface area (Å²) in [5, 5.41) is 2.88. The summed E-state index contributed by atoms with van der Waals surface area (Å²) >= 11 is 2.00. The summed E-state index contributed by atoms with van der Waals surface area (Å²) in [5.41, 5.74) is 6.99. The maximum absolute atomic E-state index is 12.0. The number of ether oxygens (including phenoxy) is 1. The molecule has 116 valence electrons. The molecule has 0 aromatic heterocycles. The molecule has 0 bridgehead atoms. The highest BCUT2D eigenvalue weighted by atomic mass is 32.2. The van der Waals surface area contributed by atoms with Gasteiger partial charge in [-0.1, -0.05) is 0 Å². The Bertz CT molecular complexity index is 476. The molecule has 0 saturated carbocycles. The molecule has 3 N–H and O–H groups in total. The number of thioether (sulfide) groups is 1. The number of hydrogen-bond donors (Lipinski definition) is 2. The molecule has 1 aliphatic heterocycles. The average molecular weight is 309 g/mol. The van der Waals surface area contributed by atoms with Crippen molar-refractivity contribution in [2.75, 3.05) is 49.3 Å². The molecule has 5 nitrogen and oxygen atoms in total. The van der Waals surface area contributed by atoms with Gasteiger partial charge in [0.05, 0.1) is 12.8 Å². The van der Waals surface area contributed by atoms with Crippen LogP contribution in [0.25, 0.3) is 0 Å². The van der Waals surface area contributed by atoms with Crippen molar-refractivity contribution in [3.05, 3.63) is 18.2 Å². The van der Waals surface area contributed by atoms with E-state index in [0.29, 0.717) is 23.5 Å². The molecule has 1 fully saturated rings. The van der Waals surface area contributed by atoms with Gasteiger partial charge in [-0.2, -0.15) is 11.8 Å². The van der Waals surface area contributed by atoms with Crippen molar-refractivity contribution < 1.29 is 9.53 Å². The maximum atomic E-state index is 12.0. The molecule has 0 atom stereocenters. The molecule has 21 heavy (non-hydrogen) atoms. The number of amides is 1. The van der Waals surface area contributed by atoms with E-state index in [1.807, 2.05) is 11.8 Å². The second-order valence-corrected chi connectivity index (χ2v) is 6.29. The van der Waals surface area contributed by atoms with Gasteiger partial charge in [-0.3, -0.25) is 4.79 Å². The number of nitrogens with zero attached hydrogens (tertiary/aromatic N) is 1. The van der Waals surface area contributed by atoms with E-state index in [1.165, 1.54) is 11.5 Å². The standard InChI is InChI=1S/C15H23N3O2S/c1-20-14-11-12(16)4-5-13(14)17-15(19)3-2-6-18-7-9-21-10-8-18/h4-5,11H,2-3,6-10,16H2,1H3,(H,17,19). The van der Waals surface area contributed by atoms with Crippen LogP contribution in [0.4, 0.5) is 11.4 Å². The largest absolute Gasteiger partial charge is 0.494 e. The Morgan fingerprint density at radius 2 is 2.19 bits per heavy atom. The molecule has 1 aromatic rings. The van der Waals surface area contributed by atoms with Crippen LogP contribution in [0.5, 0.6) is 5.75 Å². The molecule has 2 rings (SSSR count). The number of carbonyl (C=O) groups excluding carboxylic acids is 1. The van der Waals surface area contributed by atoms with Crippen molar-refractivity contribution in [3.63, 3.8) is 0 Å². The zero-order valence-electron chi connectivity index (χ0n) is 12.4. The lowest BCUT2D eigenvalue weighted by Gasteiger charge is -2.25. The second-order valence-electron chi connectivity index (χ2n) is 5.07. The number of hydrogen-bond acceptors (Lipinski definition) is 5. The Hall–Kier alpha value is -1.40. The molecule has 0 aliphatic carbocycles. The molecule has 1 amide bonds. The van der Waals surface area contributed by atoms with Crippen LogP contribution in [-0.4, -0.2) is 49.1 Å². The van der Waals surface area contributed by atoms with Crippen LogP contribution in [-0.2, 0) is 4.79 Å². The van der Waals surface area contributed by atoms with Crippen molar-refractivity contribution in [3.8, 4) is 5.75 Å². The minimum atomic E-state index is 0.0180. The van der Waals surface area contributed by atoms with Crippen molar-refractivity contribution >= 4 is 29.0 Å². The highest BCUT2D eigenvalue weighted by molar-refractivity contribution is 7.99. The minimum absolute atomic E-state index is 0.0180. The van der Waals surface area contributed by atoms with Gasteiger partial charge in [0.25, 0.3) is 0 Å². The molecule has 0 unspecified atom stereocenters. The van der Waals surface area contributed by atoms with Gasteiger partial charge in [0.15, 0.2) is 0 Å². The Morgan fingerprint density at radius 1 is 1.43 bits per heavy atom. The van der Waals surface area contributed by atoms with Gasteiger partial charge in [-0.05, 0) is 25.1 Å². The molecule has 1 heterocycles. The van der Waals surface area contributed by atoms with E-state index >= 15 is 0 Å². The van der Waals surface area contributed by atoms with Gasteiger partial charge in [-0.15, -0.1) is 0 Å². The molecule has 1 saturated heterocycles. The van der Waals surface area contributed by atoms with E-state index in [1.54, 1.807) is 25.3 Å². The van der Waals surface area contributed by atoms with Gasteiger partial charge < -0.3 is 20.7 Å². The highest BCUT2D eigenvalue weighted by Crippen LogP contribution is 2.26. The van der Waals surface area contributed by atoms with Crippen molar-refractivity contribution in [1.29, 1.82) is 0 Å². The van der Waals surface area contributed by atoms with E-state index in [0.717, 1.165) is 26.1 Å². The fourth-order valence-corrected chi connectivity index (χ4v) is 3.29. The number of nitrogen functional groups attached to an aromatic ring is 1. The Labute approximate surface area is 130 Å². The quantitative estimate of drug-likeness (QED) is 0.787. The number of anilines is 2. The van der Waals surface area contributed by atoms with Gasteiger partial charge in [0, 0.05) is 42.8 Å². The molecule has 0 spiro atoms. The van der Waals surface area contributed by atoms with Crippen molar-refractivity contribution in [2.45, 2.75) is 12.8 Å². The van der Waals surface area contributed by atoms with Gasteiger partial charge in [0.2, 0.25) is 5.91 Å². The SMILES string of the molecule is COc1cc(N)ccc1NC(=O)CCCN1CCSCC1. The van der Waals surface area contributed by atoms with E-state index in [-0.39, 0.29) is 5.91 Å². The lowest BCUT2D eigenvalue weighted by Crippen LogP contribution is -2.33. The summed E-state index contributed by atoms with van der Waals surface area (Å²) in [6, 6.07) is 5.23. The van der Waals surface area contributed by atoms with Crippen LogP contribution in [0, 0.1) is 0 Å². The van der Waals surface area contributed by atoms with Crippen LogP contribution in [0.2, 0.25) is 0 Å². The number of methoxy groups -OCH3 is 1. The Morgan fingerprint density at radius 3 is 2.90 bits per heavy atom. The first-order valence-corrected chi connectivity index (χ1v) is 8.38. The van der Waals surface area contributed by atoms with Crippen LogP contribution in [0.3, 0.4) is 0 Å². The molecule has 1 aliphatic rings. The number of rotatable bonds is 6. The fourth-order valence-electron chi connectivity index (χ4n) is 2.31. The third kappa shape index (κ3) is 5.13.